The fraction of sp³-hybridized carbons (Fsp3) is 0.867. The molecular weight excluding hydrogens is 256 g/mol. The van der Waals surface area contributed by atoms with Crippen LogP contribution in [0.5, 0.6) is 0 Å². The van der Waals surface area contributed by atoms with Crippen LogP contribution in [0.2, 0.25) is 0 Å². The average Bonchev–Trinajstić information content (AvgIpc) is 2.37. The lowest BCUT2D eigenvalue weighted by molar-refractivity contribution is -0.151. The van der Waals surface area contributed by atoms with Crippen molar-refractivity contribution in [1.29, 1.82) is 0 Å². The van der Waals surface area contributed by atoms with E-state index >= 15 is 0 Å². The van der Waals surface area contributed by atoms with Crippen LogP contribution in [0.1, 0.15) is 59.3 Å². The number of aliphatic carboxylic acids is 1. The largest absolute Gasteiger partial charge is 0.481 e. The lowest BCUT2D eigenvalue weighted by Crippen LogP contribution is -2.55. The van der Waals surface area contributed by atoms with E-state index in [-0.39, 0.29) is 12.5 Å². The molecule has 1 fully saturated rings. The first kappa shape index (κ1) is 17.0. The Bertz CT molecular complexity index is 358. The number of rotatable bonds is 6. The number of nitrogens with one attached hydrogen (secondary N) is 1. The van der Waals surface area contributed by atoms with Crippen molar-refractivity contribution < 1.29 is 14.7 Å². The van der Waals surface area contributed by atoms with E-state index in [4.69, 9.17) is 5.73 Å². The van der Waals surface area contributed by atoms with Crippen molar-refractivity contribution in [2.24, 2.45) is 17.1 Å². The van der Waals surface area contributed by atoms with Gasteiger partial charge in [-0.2, -0.15) is 0 Å². The van der Waals surface area contributed by atoms with Crippen molar-refractivity contribution in [2.45, 2.75) is 64.8 Å². The van der Waals surface area contributed by atoms with Crippen LogP contribution < -0.4 is 11.1 Å². The van der Waals surface area contributed by atoms with Crippen LogP contribution in [-0.2, 0) is 9.59 Å². The Balaban J connectivity index is 2.65. The van der Waals surface area contributed by atoms with Gasteiger partial charge in [0.15, 0.2) is 0 Å². The predicted octanol–water partition coefficient (Wildman–Crippen LogP) is 1.90. The second-order valence-corrected chi connectivity index (χ2v) is 6.62. The van der Waals surface area contributed by atoms with Gasteiger partial charge in [-0.1, -0.05) is 20.3 Å². The van der Waals surface area contributed by atoms with Crippen molar-refractivity contribution in [2.75, 3.05) is 6.54 Å². The Morgan fingerprint density at radius 2 is 1.95 bits per heavy atom. The first-order chi connectivity index (χ1) is 9.23. The number of hydrogen-bond acceptors (Lipinski definition) is 3. The molecular formula is C15H28N2O3. The molecule has 1 rings (SSSR count). The first-order valence-electron chi connectivity index (χ1n) is 7.54. The number of amides is 1. The molecule has 4 N–H and O–H groups in total. The molecule has 0 aromatic heterocycles. The Labute approximate surface area is 121 Å². The molecule has 0 aliphatic heterocycles. The van der Waals surface area contributed by atoms with Gasteiger partial charge in [0.05, 0.1) is 11.0 Å². The Morgan fingerprint density at radius 1 is 1.40 bits per heavy atom. The summed E-state index contributed by atoms with van der Waals surface area (Å²) in [5, 5.41) is 12.3. The van der Waals surface area contributed by atoms with Gasteiger partial charge < -0.3 is 16.2 Å². The minimum atomic E-state index is -0.920. The van der Waals surface area contributed by atoms with Gasteiger partial charge in [-0.15, -0.1) is 0 Å². The maximum Gasteiger partial charge on any atom is 0.311 e. The van der Waals surface area contributed by atoms with Crippen LogP contribution in [0.3, 0.4) is 0 Å². The molecule has 20 heavy (non-hydrogen) atoms. The van der Waals surface area contributed by atoms with Crippen LogP contribution in [-0.4, -0.2) is 29.1 Å². The number of hydrogen-bond donors (Lipinski definition) is 3. The van der Waals surface area contributed by atoms with Gasteiger partial charge in [-0.25, -0.2) is 0 Å². The summed E-state index contributed by atoms with van der Waals surface area (Å²) >= 11 is 0. The molecule has 5 nitrogen and oxygen atoms in total. The van der Waals surface area contributed by atoms with Crippen molar-refractivity contribution in [3.63, 3.8) is 0 Å². The molecule has 0 aromatic carbocycles. The minimum absolute atomic E-state index is 0.185. The van der Waals surface area contributed by atoms with Gasteiger partial charge in [-0.3, -0.25) is 9.59 Å². The van der Waals surface area contributed by atoms with Crippen LogP contribution in [0.4, 0.5) is 0 Å². The predicted molar refractivity (Wildman–Crippen MR) is 78.2 cm³/mol. The van der Waals surface area contributed by atoms with Crippen LogP contribution in [0.15, 0.2) is 0 Å². The molecule has 1 unspecified atom stereocenters. The van der Waals surface area contributed by atoms with Gasteiger partial charge in [-0.05, 0) is 44.9 Å². The summed E-state index contributed by atoms with van der Waals surface area (Å²) in [4.78, 5) is 23.7. The Hall–Kier alpha value is -1.10. The van der Waals surface area contributed by atoms with Crippen LogP contribution in [0.25, 0.3) is 0 Å². The van der Waals surface area contributed by atoms with Gasteiger partial charge in [0.1, 0.15) is 0 Å². The fourth-order valence-electron chi connectivity index (χ4n) is 2.87. The molecule has 0 heterocycles. The standard InChI is InChI=1S/C15H28N2O3/c1-4-7-14(3,16)12(18)17-10-15(13(19)20)8-5-11(2)6-9-15/h11H,4-10,16H2,1-3H3,(H,17,18)(H,19,20). The zero-order valence-corrected chi connectivity index (χ0v) is 12.9. The molecule has 0 bridgehead atoms. The summed E-state index contributed by atoms with van der Waals surface area (Å²) in [7, 11) is 0. The SMILES string of the molecule is CCCC(C)(N)C(=O)NCC1(C(=O)O)CCC(C)CC1. The molecule has 0 saturated heterocycles. The lowest BCUT2D eigenvalue weighted by atomic mass is 9.70. The molecule has 0 spiro atoms. The Morgan fingerprint density at radius 3 is 2.40 bits per heavy atom. The topological polar surface area (TPSA) is 92.4 Å². The monoisotopic (exact) mass is 284 g/mol. The van der Waals surface area contributed by atoms with Crippen molar-refractivity contribution in [3.8, 4) is 0 Å². The van der Waals surface area contributed by atoms with E-state index in [9.17, 15) is 14.7 Å². The first-order valence-corrected chi connectivity index (χ1v) is 7.54. The number of carboxylic acid groups (broad SMARTS) is 1. The maximum atomic E-state index is 12.1. The number of carbonyl (C=O) groups is 2. The minimum Gasteiger partial charge on any atom is -0.481 e. The third-order valence-corrected chi connectivity index (χ3v) is 4.56. The summed E-state index contributed by atoms with van der Waals surface area (Å²) < 4.78 is 0. The van der Waals surface area contributed by atoms with Gasteiger partial charge in [0, 0.05) is 6.54 Å². The highest BCUT2D eigenvalue weighted by Gasteiger charge is 2.42. The molecule has 1 aliphatic rings. The van der Waals surface area contributed by atoms with E-state index in [2.05, 4.69) is 12.2 Å². The van der Waals surface area contributed by atoms with Gasteiger partial charge in [0.2, 0.25) is 5.91 Å². The number of nitrogens with two attached hydrogens (primary N) is 1. The van der Waals surface area contributed by atoms with E-state index in [1.54, 1.807) is 6.92 Å². The van der Waals surface area contributed by atoms with E-state index in [1.807, 2.05) is 6.92 Å². The van der Waals surface area contributed by atoms with Gasteiger partial charge >= 0.3 is 5.97 Å². The van der Waals surface area contributed by atoms with E-state index < -0.39 is 16.9 Å². The summed E-state index contributed by atoms with van der Waals surface area (Å²) in [6.07, 6.45) is 4.46. The molecule has 0 aromatic rings. The summed E-state index contributed by atoms with van der Waals surface area (Å²) in [5.41, 5.74) is 4.23. The Kier molecular flexibility index (Phi) is 5.57. The number of carboxylic acids is 1. The van der Waals surface area contributed by atoms with Gasteiger partial charge in [0.25, 0.3) is 0 Å². The molecule has 1 amide bonds. The third kappa shape index (κ3) is 3.95. The summed E-state index contributed by atoms with van der Waals surface area (Å²) in [6, 6.07) is 0. The molecule has 5 heteroatoms. The molecule has 116 valence electrons. The smallest absolute Gasteiger partial charge is 0.311 e. The molecule has 1 saturated carbocycles. The van der Waals surface area contributed by atoms with Crippen LogP contribution in [0, 0.1) is 11.3 Å². The lowest BCUT2D eigenvalue weighted by Gasteiger charge is -2.36. The fourth-order valence-corrected chi connectivity index (χ4v) is 2.87. The summed E-state index contributed by atoms with van der Waals surface area (Å²) in [5.74, 6) is -0.490. The van der Waals surface area contributed by atoms with E-state index in [0.29, 0.717) is 25.2 Å². The van der Waals surface area contributed by atoms with Crippen molar-refractivity contribution in [3.05, 3.63) is 0 Å². The van der Waals surface area contributed by atoms with Crippen molar-refractivity contribution in [1.82, 2.24) is 5.32 Å². The third-order valence-electron chi connectivity index (χ3n) is 4.56. The molecule has 1 aliphatic carbocycles. The normalized spacial score (nSPS) is 29.5. The summed E-state index contributed by atoms with van der Waals surface area (Å²) in [6.45, 7) is 5.99. The van der Waals surface area contributed by atoms with Crippen molar-refractivity contribution >= 4 is 11.9 Å². The van der Waals surface area contributed by atoms with E-state index in [0.717, 1.165) is 19.3 Å². The molecule has 0 radical (unpaired) electrons. The quantitative estimate of drug-likeness (QED) is 0.694. The highest BCUT2D eigenvalue weighted by atomic mass is 16.4. The number of carbonyl (C=O) groups excluding carboxylic acids is 1. The van der Waals surface area contributed by atoms with Crippen LogP contribution >= 0.6 is 0 Å². The highest BCUT2D eigenvalue weighted by Crippen LogP contribution is 2.38. The maximum absolute atomic E-state index is 12.1. The van der Waals surface area contributed by atoms with E-state index in [1.165, 1.54) is 0 Å². The zero-order chi connectivity index (χ0) is 15.4. The molecule has 1 atom stereocenters. The average molecular weight is 284 g/mol. The second-order valence-electron chi connectivity index (χ2n) is 6.62. The zero-order valence-electron chi connectivity index (χ0n) is 12.9. The second kappa shape index (κ2) is 6.57. The highest BCUT2D eigenvalue weighted by molar-refractivity contribution is 5.86.